The molecule has 5 aromatic rings. The Hall–Kier alpha value is -3.43. The third kappa shape index (κ3) is 4.68. The van der Waals surface area contributed by atoms with Crippen LogP contribution in [0.3, 0.4) is 0 Å². The summed E-state index contributed by atoms with van der Waals surface area (Å²) in [5.74, 6) is 0.988. The third-order valence-corrected chi connectivity index (χ3v) is 4.44. The summed E-state index contributed by atoms with van der Waals surface area (Å²) in [5, 5.41) is 0. The van der Waals surface area contributed by atoms with E-state index in [0.29, 0.717) is 17.2 Å². The first-order valence-corrected chi connectivity index (χ1v) is 9.30. The normalized spacial score (nSPS) is 12.3. The van der Waals surface area contributed by atoms with E-state index in [0.717, 1.165) is 15.9 Å². The molecule has 0 radical (unpaired) electrons. The monoisotopic (exact) mass is 588 g/mol. The first-order chi connectivity index (χ1) is 16.0. The van der Waals surface area contributed by atoms with Crippen LogP contribution in [0, 0.1) is 24.8 Å². The molecule has 0 saturated carbocycles. The van der Waals surface area contributed by atoms with Gasteiger partial charge in [0.2, 0.25) is 6.33 Å². The predicted molar refractivity (Wildman–Crippen MR) is 110 cm³/mol. The average molecular weight is 589 g/mol. The Kier molecular flexibility index (Phi) is 5.10. The van der Waals surface area contributed by atoms with Gasteiger partial charge < -0.3 is 18.4 Å². The van der Waals surface area contributed by atoms with Crippen molar-refractivity contribution in [3.63, 3.8) is 0 Å². The SMILES string of the molecule is [2H]C([2H])([2H])[n+]1[c-]n(-c2[c-]c(Oc3[c-]c(-n4[c-][n+](-c5ccccc5)cc4)ccc3)ccc2)cc1.[Pt+4]. The van der Waals surface area contributed by atoms with Crippen LogP contribution < -0.4 is 13.9 Å². The van der Waals surface area contributed by atoms with Gasteiger partial charge in [0.25, 0.3) is 6.33 Å². The summed E-state index contributed by atoms with van der Waals surface area (Å²) in [6, 6.07) is 27.3. The van der Waals surface area contributed by atoms with Gasteiger partial charge in [0.15, 0.2) is 0 Å². The van der Waals surface area contributed by atoms with Crippen molar-refractivity contribution < 1.29 is 39.0 Å². The molecule has 5 nitrogen and oxygen atoms in total. The van der Waals surface area contributed by atoms with Crippen LogP contribution in [-0.2, 0) is 28.0 Å². The summed E-state index contributed by atoms with van der Waals surface area (Å²) < 4.78 is 34.8. The zero-order valence-electron chi connectivity index (χ0n) is 19.2. The summed E-state index contributed by atoms with van der Waals surface area (Å²) in [6.07, 6.45) is 12.9. The number of aryl methyl sites for hydroxylation is 1. The third-order valence-electron chi connectivity index (χ3n) is 4.44. The minimum atomic E-state index is -2.29. The van der Waals surface area contributed by atoms with Gasteiger partial charge in [-0.1, -0.05) is 23.9 Å². The summed E-state index contributed by atoms with van der Waals surface area (Å²) >= 11 is 0. The van der Waals surface area contributed by atoms with E-state index in [9.17, 15) is 0 Å². The fraction of sp³-hybridized carbons (Fsp3) is 0.0400. The van der Waals surface area contributed by atoms with Crippen LogP contribution in [0.1, 0.15) is 4.11 Å². The molecule has 152 valence electrons. The van der Waals surface area contributed by atoms with E-state index >= 15 is 0 Å². The minimum absolute atomic E-state index is 0. The van der Waals surface area contributed by atoms with Crippen LogP contribution in [0.25, 0.3) is 17.1 Å². The van der Waals surface area contributed by atoms with Gasteiger partial charge in [0.05, 0.1) is 16.8 Å². The second-order valence-electron chi connectivity index (χ2n) is 6.51. The fourth-order valence-corrected chi connectivity index (χ4v) is 3.02. The Balaban J connectivity index is 0.00000274. The molecule has 0 unspecified atom stereocenters. The average Bonchev–Trinajstić information content (AvgIpc) is 3.51. The summed E-state index contributed by atoms with van der Waals surface area (Å²) in [7, 11) is 0. The van der Waals surface area contributed by atoms with Crippen molar-refractivity contribution in [1.29, 1.82) is 0 Å². The smallest absolute Gasteiger partial charge is 0.510 e. The van der Waals surface area contributed by atoms with Crippen molar-refractivity contribution in [2.75, 3.05) is 0 Å². The van der Waals surface area contributed by atoms with Crippen molar-refractivity contribution in [2.45, 2.75) is 0 Å². The maximum absolute atomic E-state index is 7.49. The number of para-hydroxylation sites is 1. The van der Waals surface area contributed by atoms with E-state index < -0.39 is 6.98 Å². The van der Waals surface area contributed by atoms with Crippen LogP contribution >= 0.6 is 0 Å². The van der Waals surface area contributed by atoms with E-state index in [1.54, 1.807) is 29.0 Å². The van der Waals surface area contributed by atoms with Gasteiger partial charge in [-0.05, 0) is 17.8 Å². The van der Waals surface area contributed by atoms with Crippen molar-refractivity contribution in [2.24, 2.45) is 6.98 Å². The molecule has 0 amide bonds. The second kappa shape index (κ2) is 9.15. The Morgan fingerprint density at radius 3 is 2.06 bits per heavy atom. The van der Waals surface area contributed by atoms with E-state index in [1.165, 1.54) is 6.20 Å². The van der Waals surface area contributed by atoms with Crippen LogP contribution in [0.2, 0.25) is 0 Å². The van der Waals surface area contributed by atoms with Gasteiger partial charge in [-0.2, -0.15) is 24.3 Å². The zero-order valence-corrected chi connectivity index (χ0v) is 18.4. The van der Waals surface area contributed by atoms with Gasteiger partial charge >= 0.3 is 21.1 Å². The van der Waals surface area contributed by atoms with Crippen LogP contribution in [0.4, 0.5) is 0 Å². The molecule has 0 aliphatic heterocycles. The van der Waals surface area contributed by atoms with Crippen LogP contribution in [0.15, 0.2) is 91.5 Å². The molecule has 0 atom stereocenters. The molecule has 3 aromatic carbocycles. The first kappa shape index (κ1) is 17.3. The molecule has 6 heteroatoms. The van der Waals surface area contributed by atoms with Crippen molar-refractivity contribution in [3.05, 3.63) is 116 Å². The van der Waals surface area contributed by atoms with Crippen molar-refractivity contribution in [1.82, 2.24) is 9.13 Å². The van der Waals surface area contributed by atoms with Gasteiger partial charge in [-0.15, -0.1) is 24.3 Å². The van der Waals surface area contributed by atoms with Crippen LogP contribution in [0.5, 0.6) is 11.5 Å². The zero-order chi connectivity index (χ0) is 22.8. The number of imidazole rings is 2. The van der Waals surface area contributed by atoms with Crippen molar-refractivity contribution in [3.8, 4) is 28.6 Å². The Bertz CT molecular complexity index is 1400. The van der Waals surface area contributed by atoms with E-state index in [-0.39, 0.29) is 21.1 Å². The molecule has 0 fully saturated rings. The van der Waals surface area contributed by atoms with Gasteiger partial charge in [-0.25, -0.2) is 0 Å². The number of ether oxygens (including phenoxy) is 1. The topological polar surface area (TPSA) is 26.8 Å². The largest absolute Gasteiger partial charge is 4.00 e. The van der Waals surface area contributed by atoms with E-state index in [1.807, 2.05) is 70.1 Å². The number of benzene rings is 3. The van der Waals surface area contributed by atoms with Crippen LogP contribution in [-0.4, -0.2) is 9.13 Å². The van der Waals surface area contributed by atoms with E-state index in [4.69, 9.17) is 8.85 Å². The number of hydrogen-bond donors (Lipinski definition) is 0. The van der Waals surface area contributed by atoms with Gasteiger partial charge in [0, 0.05) is 36.3 Å². The molecule has 31 heavy (non-hydrogen) atoms. The molecule has 2 aromatic heterocycles. The number of rotatable bonds is 5. The molecule has 0 aliphatic rings. The molecule has 0 bridgehead atoms. The first-order valence-electron chi connectivity index (χ1n) is 10.8. The number of aromatic nitrogens is 4. The Morgan fingerprint density at radius 2 is 1.42 bits per heavy atom. The standard InChI is InChI=1S/C25H18N4O.Pt/c1-26-13-14-27(19-26)22-9-5-11-24(17-22)30-25-12-6-10-23(18-25)29-16-15-28(20-29)21-7-3-2-4-8-21;/h2-16H,1H3;/q-2;+4/i1D3;. The van der Waals surface area contributed by atoms with Crippen molar-refractivity contribution >= 4 is 0 Å². The second-order valence-corrected chi connectivity index (χ2v) is 6.51. The number of nitrogens with zero attached hydrogens (tertiary/aromatic N) is 4. The molecule has 2 heterocycles. The Labute approximate surface area is 199 Å². The number of hydrogen-bond acceptors (Lipinski definition) is 1. The summed E-state index contributed by atoms with van der Waals surface area (Å²) in [5.41, 5.74) is 2.39. The molecule has 0 N–H and O–H groups in total. The summed E-state index contributed by atoms with van der Waals surface area (Å²) in [6.45, 7) is -2.29. The maximum atomic E-state index is 7.49. The van der Waals surface area contributed by atoms with E-state index in [2.05, 4.69) is 24.8 Å². The molecular weight excluding hydrogens is 567 g/mol. The Morgan fingerprint density at radius 1 is 0.774 bits per heavy atom. The fourth-order valence-electron chi connectivity index (χ4n) is 3.02. The maximum Gasteiger partial charge on any atom is 4.00 e. The quantitative estimate of drug-likeness (QED) is 0.229. The minimum Gasteiger partial charge on any atom is -0.510 e. The molecule has 0 spiro atoms. The van der Waals surface area contributed by atoms with Gasteiger partial charge in [-0.3, -0.25) is 4.57 Å². The molecular formula is C25H18N4OPt+2. The molecule has 5 rings (SSSR count). The summed E-state index contributed by atoms with van der Waals surface area (Å²) in [4.78, 5) is 0. The predicted octanol–water partition coefficient (Wildman–Crippen LogP) is 3.36. The molecule has 0 aliphatic carbocycles. The molecule has 0 saturated heterocycles. The van der Waals surface area contributed by atoms with Gasteiger partial charge in [0.1, 0.15) is 0 Å².